The summed E-state index contributed by atoms with van der Waals surface area (Å²) in [6.45, 7) is 4.31. The maximum atomic E-state index is 2.47. The van der Waals surface area contributed by atoms with E-state index in [2.05, 4.69) is 207 Å². The third-order valence-electron chi connectivity index (χ3n) is 12.3. The molecule has 12 rings (SSSR count). The molecule has 0 N–H and O–H groups in total. The Labute approximate surface area is 340 Å². The monoisotopic (exact) mass is 755 g/mol. The molecular weight excluding hydrogens is 719 g/mol. The Balaban J connectivity index is 1.11. The number of anilines is 3. The van der Waals surface area contributed by atoms with Gasteiger partial charge >= 0.3 is 0 Å². The van der Waals surface area contributed by atoms with Crippen molar-refractivity contribution in [3.8, 4) is 11.1 Å². The Morgan fingerprint density at radius 3 is 1.34 bits per heavy atom. The number of hydrogen-bond donors (Lipinski definition) is 0. The highest BCUT2D eigenvalue weighted by molar-refractivity contribution is 7.26. The molecule has 0 aliphatic carbocycles. The van der Waals surface area contributed by atoms with Gasteiger partial charge in [0, 0.05) is 42.3 Å². The van der Waals surface area contributed by atoms with Gasteiger partial charge in [-0.2, -0.15) is 0 Å². The molecule has 1 nitrogen and oxygen atoms in total. The Bertz CT molecular complexity index is 3530. The molecule has 0 amide bonds. The van der Waals surface area contributed by atoms with E-state index in [1.54, 1.807) is 0 Å². The highest BCUT2D eigenvalue weighted by Gasteiger charge is 2.23. The zero-order valence-corrected chi connectivity index (χ0v) is 33.1. The molecule has 0 aliphatic heterocycles. The number of hydrogen-bond acceptors (Lipinski definition) is 2. The maximum absolute atomic E-state index is 2.47. The average Bonchev–Trinajstić information content (AvgIpc) is 3.63. The molecule has 0 radical (unpaired) electrons. The van der Waals surface area contributed by atoms with Crippen LogP contribution >= 0.6 is 11.3 Å². The van der Waals surface area contributed by atoms with Gasteiger partial charge in [-0.3, -0.25) is 0 Å². The molecule has 2 heteroatoms. The molecule has 0 fully saturated rings. The first-order valence-corrected chi connectivity index (χ1v) is 20.9. The van der Waals surface area contributed by atoms with Crippen molar-refractivity contribution in [3.05, 3.63) is 199 Å². The molecule has 0 aliphatic rings. The molecule has 0 bridgehead atoms. The summed E-state index contributed by atoms with van der Waals surface area (Å²) < 4.78 is 2.63. The van der Waals surface area contributed by atoms with Crippen molar-refractivity contribution >= 4 is 113 Å². The summed E-state index contributed by atoms with van der Waals surface area (Å²) in [5, 5.41) is 18.0. The third-order valence-corrected chi connectivity index (χ3v) is 13.4. The number of benzene rings is 11. The van der Waals surface area contributed by atoms with Gasteiger partial charge in [0.25, 0.3) is 0 Å². The van der Waals surface area contributed by atoms with Crippen LogP contribution in [0.15, 0.2) is 188 Å². The minimum absolute atomic E-state index is 1.14. The van der Waals surface area contributed by atoms with Crippen molar-refractivity contribution in [2.45, 2.75) is 13.8 Å². The van der Waals surface area contributed by atoms with E-state index in [4.69, 9.17) is 0 Å². The van der Waals surface area contributed by atoms with Gasteiger partial charge in [0.15, 0.2) is 0 Å². The summed E-state index contributed by atoms with van der Waals surface area (Å²) >= 11 is 1.91. The SMILES string of the molecule is Cc1ccc(N(c2ccc(C)cc2)c2c3ccccc3c(-c3ccc4c(c3)sc3cc5c6ccccc6c6cc7ccccc7cc6c5cc34)c3ccccc23)cc1. The van der Waals surface area contributed by atoms with E-state index >= 15 is 0 Å². The fourth-order valence-corrected chi connectivity index (χ4v) is 10.7. The molecule has 272 valence electrons. The molecule has 1 heterocycles. The minimum atomic E-state index is 1.14. The zero-order valence-electron chi connectivity index (χ0n) is 32.3. The smallest absolute Gasteiger partial charge is 0.0618 e. The first-order valence-electron chi connectivity index (χ1n) is 20.1. The van der Waals surface area contributed by atoms with Crippen molar-refractivity contribution in [1.82, 2.24) is 0 Å². The molecule has 0 spiro atoms. The lowest BCUT2D eigenvalue weighted by Crippen LogP contribution is -2.11. The van der Waals surface area contributed by atoms with Gasteiger partial charge in [-0.05, 0) is 133 Å². The standard InChI is InChI=1S/C56H37NS/c1-34-19-24-39(25-20-34)57(40-26-21-35(2)22-27-40)56-46-17-9-7-15-44(46)55(45-16-8-10-18-47(45)56)38-23-28-43-52-32-50-49-30-37-12-4-3-11-36(37)29-48(49)41-13-5-6-14-42(41)51(50)33-54(52)58-53(43)31-38/h3-33H,1-2H3. The maximum Gasteiger partial charge on any atom is 0.0618 e. The largest absolute Gasteiger partial charge is 0.309 e. The van der Waals surface area contributed by atoms with Gasteiger partial charge in [0.05, 0.1) is 5.69 Å². The lowest BCUT2D eigenvalue weighted by atomic mass is 9.89. The van der Waals surface area contributed by atoms with E-state index in [9.17, 15) is 0 Å². The second-order valence-electron chi connectivity index (χ2n) is 15.8. The van der Waals surface area contributed by atoms with Gasteiger partial charge in [-0.25, -0.2) is 0 Å². The zero-order chi connectivity index (χ0) is 38.5. The average molecular weight is 756 g/mol. The molecular formula is C56H37NS. The van der Waals surface area contributed by atoms with Crippen molar-refractivity contribution in [2.24, 2.45) is 0 Å². The molecule has 0 saturated heterocycles. The predicted octanol–water partition coefficient (Wildman–Crippen LogP) is 16.7. The second-order valence-corrected chi connectivity index (χ2v) is 16.9. The second kappa shape index (κ2) is 12.8. The van der Waals surface area contributed by atoms with Crippen molar-refractivity contribution in [2.75, 3.05) is 4.90 Å². The van der Waals surface area contributed by atoms with Crippen LogP contribution in [0.4, 0.5) is 17.1 Å². The molecule has 0 atom stereocenters. The normalized spacial score (nSPS) is 12.0. The summed E-state index contributed by atoms with van der Waals surface area (Å²) in [4.78, 5) is 2.45. The van der Waals surface area contributed by atoms with Gasteiger partial charge in [-0.15, -0.1) is 11.3 Å². The van der Waals surface area contributed by atoms with Crippen LogP contribution in [0.1, 0.15) is 11.1 Å². The van der Waals surface area contributed by atoms with Crippen LogP contribution in [-0.2, 0) is 0 Å². The van der Waals surface area contributed by atoms with Crippen molar-refractivity contribution in [1.29, 1.82) is 0 Å². The summed E-state index contributed by atoms with van der Waals surface area (Å²) in [5.41, 5.74) is 8.49. The lowest BCUT2D eigenvalue weighted by Gasteiger charge is -2.29. The molecule has 58 heavy (non-hydrogen) atoms. The number of aryl methyl sites for hydroxylation is 2. The number of thiophene rings is 1. The number of fused-ring (bicyclic) bond motifs is 12. The number of rotatable bonds is 4. The topological polar surface area (TPSA) is 3.24 Å². The van der Waals surface area contributed by atoms with E-state index < -0.39 is 0 Å². The van der Waals surface area contributed by atoms with Gasteiger partial charge in [0.1, 0.15) is 0 Å². The first-order chi connectivity index (χ1) is 28.6. The van der Waals surface area contributed by atoms with E-state index in [1.165, 1.54) is 113 Å². The van der Waals surface area contributed by atoms with Crippen molar-refractivity contribution in [3.63, 3.8) is 0 Å². The summed E-state index contributed by atoms with van der Waals surface area (Å²) in [6, 6.07) is 70.4. The van der Waals surface area contributed by atoms with E-state index in [-0.39, 0.29) is 0 Å². The Morgan fingerprint density at radius 1 is 0.328 bits per heavy atom. The van der Waals surface area contributed by atoms with Crippen LogP contribution in [0.25, 0.3) is 95.9 Å². The molecule has 1 aromatic heterocycles. The van der Waals surface area contributed by atoms with Crippen LogP contribution < -0.4 is 4.90 Å². The van der Waals surface area contributed by atoms with Gasteiger partial charge < -0.3 is 4.90 Å². The molecule has 0 saturated carbocycles. The molecule has 0 unspecified atom stereocenters. The molecule has 11 aromatic carbocycles. The van der Waals surface area contributed by atoms with Crippen LogP contribution in [-0.4, -0.2) is 0 Å². The van der Waals surface area contributed by atoms with Crippen LogP contribution in [0.3, 0.4) is 0 Å². The van der Waals surface area contributed by atoms with Crippen LogP contribution in [0, 0.1) is 13.8 Å². The lowest BCUT2D eigenvalue weighted by molar-refractivity contribution is 1.29. The Hall–Kier alpha value is -7.00. The quantitative estimate of drug-likeness (QED) is 0.128. The van der Waals surface area contributed by atoms with Crippen molar-refractivity contribution < 1.29 is 0 Å². The van der Waals surface area contributed by atoms with Crippen LogP contribution in [0.2, 0.25) is 0 Å². The highest BCUT2D eigenvalue weighted by Crippen LogP contribution is 2.49. The fraction of sp³-hybridized carbons (Fsp3) is 0.0357. The van der Waals surface area contributed by atoms with Gasteiger partial charge in [-0.1, -0.05) is 145 Å². The Morgan fingerprint density at radius 2 is 0.776 bits per heavy atom. The van der Waals surface area contributed by atoms with E-state index in [0.29, 0.717) is 0 Å². The summed E-state index contributed by atoms with van der Waals surface area (Å²) in [6.07, 6.45) is 0. The summed E-state index contributed by atoms with van der Waals surface area (Å²) in [5.74, 6) is 0. The summed E-state index contributed by atoms with van der Waals surface area (Å²) in [7, 11) is 0. The first kappa shape index (κ1) is 33.2. The predicted molar refractivity (Wildman–Crippen MR) is 254 cm³/mol. The van der Waals surface area contributed by atoms with Gasteiger partial charge in [0.2, 0.25) is 0 Å². The van der Waals surface area contributed by atoms with E-state index in [1.807, 2.05) is 11.3 Å². The third kappa shape index (κ3) is 5.02. The minimum Gasteiger partial charge on any atom is -0.309 e. The van der Waals surface area contributed by atoms with E-state index in [0.717, 1.165) is 11.4 Å². The highest BCUT2D eigenvalue weighted by atomic mass is 32.1. The number of nitrogens with zero attached hydrogens (tertiary/aromatic N) is 1. The fourth-order valence-electron chi connectivity index (χ4n) is 9.51. The Kier molecular flexibility index (Phi) is 7.30. The van der Waals surface area contributed by atoms with Crippen LogP contribution in [0.5, 0.6) is 0 Å². The molecule has 12 aromatic rings.